The fourth-order valence-corrected chi connectivity index (χ4v) is 2.80. The van der Waals surface area contributed by atoms with Gasteiger partial charge in [0.05, 0.1) is 22.8 Å². The van der Waals surface area contributed by atoms with Crippen molar-refractivity contribution in [3.05, 3.63) is 36.4 Å². The molecule has 2 aromatic carbocycles. The van der Waals surface area contributed by atoms with Gasteiger partial charge in [0.25, 0.3) is 0 Å². The predicted octanol–water partition coefficient (Wildman–Crippen LogP) is 2.89. The van der Waals surface area contributed by atoms with Gasteiger partial charge in [0.2, 0.25) is 0 Å². The third-order valence-electron chi connectivity index (χ3n) is 5.13. The molecule has 2 atom stereocenters. The summed E-state index contributed by atoms with van der Waals surface area (Å²) in [6, 6.07) is 12.5. The van der Waals surface area contributed by atoms with Gasteiger partial charge >= 0.3 is 7.48 Å². The van der Waals surface area contributed by atoms with Gasteiger partial charge in [-0.3, -0.25) is 0 Å². The maximum atomic E-state index is 10.2. The smallest absolute Gasteiger partial charge is 0.324 e. The number of rotatable bonds is 4. The van der Waals surface area contributed by atoms with Gasteiger partial charge in [-0.15, -0.1) is 0 Å². The molecule has 0 aliphatic carbocycles. The van der Waals surface area contributed by atoms with E-state index in [4.69, 9.17) is 9.39 Å². The minimum absolute atomic E-state index is 0.0133. The van der Waals surface area contributed by atoms with Crippen molar-refractivity contribution in [1.82, 2.24) is 0 Å². The molecule has 1 radical (unpaired) electrons. The minimum atomic E-state index is -0.919. The van der Waals surface area contributed by atoms with E-state index in [1.54, 1.807) is 21.3 Å². The summed E-state index contributed by atoms with van der Waals surface area (Å²) in [6.07, 6.45) is 0.0133. The van der Waals surface area contributed by atoms with Crippen molar-refractivity contribution in [3.8, 4) is 5.75 Å². The van der Waals surface area contributed by atoms with Crippen LogP contribution in [0, 0.1) is 0 Å². The van der Waals surface area contributed by atoms with Gasteiger partial charge in [0, 0.05) is 0 Å². The van der Waals surface area contributed by atoms with E-state index in [0.29, 0.717) is 0 Å². The molecule has 2 aliphatic heterocycles. The van der Waals surface area contributed by atoms with E-state index in [0.717, 1.165) is 11.4 Å². The number of anilines is 1. The Morgan fingerprint density at radius 2 is 1.78 bits per heavy atom. The molecule has 0 amide bonds. The van der Waals surface area contributed by atoms with Crippen molar-refractivity contribution in [3.63, 3.8) is 0 Å². The van der Waals surface area contributed by atoms with E-state index in [2.05, 4.69) is 29.2 Å². The number of hydrogen-bond donors (Lipinski definition) is 1. The highest BCUT2D eigenvalue weighted by molar-refractivity contribution is 6.34. The second-order valence-electron chi connectivity index (χ2n) is 7.40. The van der Waals surface area contributed by atoms with Crippen LogP contribution in [-0.4, -0.2) is 36.0 Å². The predicted molar refractivity (Wildman–Crippen MR) is 91.8 cm³/mol. The molecule has 1 saturated heterocycles. The van der Waals surface area contributed by atoms with E-state index in [1.807, 2.05) is 26.0 Å². The molecule has 0 bridgehead atoms. The Hall–Kier alpha value is -1.72. The number of ether oxygens (including phenoxy) is 1. The molecule has 2 aromatic rings. The number of aliphatic hydroxyl groups is 1. The van der Waals surface area contributed by atoms with Crippen molar-refractivity contribution in [2.24, 2.45) is 0 Å². The van der Waals surface area contributed by atoms with Crippen LogP contribution in [0.25, 0.3) is 10.8 Å². The van der Waals surface area contributed by atoms with Gasteiger partial charge in [0.15, 0.2) is 6.23 Å². The molecular weight excluding hydrogens is 289 g/mol. The summed E-state index contributed by atoms with van der Waals surface area (Å²) >= 11 is 0. The van der Waals surface area contributed by atoms with E-state index in [-0.39, 0.29) is 12.2 Å². The van der Waals surface area contributed by atoms with Gasteiger partial charge in [-0.2, -0.15) is 0 Å². The normalized spacial score (nSPS) is 22.6. The average molecular weight is 310 g/mol. The van der Waals surface area contributed by atoms with Crippen molar-refractivity contribution in [2.45, 2.75) is 51.1 Å². The van der Waals surface area contributed by atoms with Gasteiger partial charge in [-0.25, -0.2) is 0 Å². The van der Waals surface area contributed by atoms with Crippen LogP contribution in [-0.2, 0) is 4.65 Å². The summed E-state index contributed by atoms with van der Waals surface area (Å²) < 4.78 is 11.9. The monoisotopic (exact) mass is 310 g/mol. The Labute approximate surface area is 137 Å². The third-order valence-corrected chi connectivity index (χ3v) is 5.13. The number of fused-ring (bicyclic) bond motifs is 4. The first-order valence-electron chi connectivity index (χ1n) is 7.99. The molecule has 1 fully saturated rings. The third kappa shape index (κ3) is 2.30. The Kier molecular flexibility index (Phi) is 3.00. The van der Waals surface area contributed by atoms with E-state index in [9.17, 15) is 5.11 Å². The molecule has 0 unspecified atom stereocenters. The molecule has 0 aromatic heterocycles. The number of nitrogens with zero attached hydrogens (tertiary/aromatic N) is 1. The van der Waals surface area contributed by atoms with Crippen LogP contribution in [0.1, 0.15) is 27.7 Å². The molecule has 5 heteroatoms. The first-order valence-corrected chi connectivity index (χ1v) is 7.99. The SMILES string of the molecule is CC(C)(O)C(C)(C)O[B][C@H]1[C@H]2Oc3cc4ccccc4cc3N21. The maximum Gasteiger partial charge on any atom is 0.324 e. The van der Waals surface area contributed by atoms with Gasteiger partial charge in [-0.05, 0) is 50.6 Å². The molecule has 0 spiro atoms. The fraction of sp³-hybridized carbons (Fsp3) is 0.444. The Morgan fingerprint density at radius 3 is 2.43 bits per heavy atom. The summed E-state index contributed by atoms with van der Waals surface area (Å²) in [5.41, 5.74) is -0.464. The molecule has 0 saturated carbocycles. The largest absolute Gasteiger partial charge is 0.467 e. The van der Waals surface area contributed by atoms with Crippen molar-refractivity contribution < 1.29 is 14.5 Å². The molecule has 2 heterocycles. The molecule has 4 rings (SSSR count). The zero-order valence-electron chi connectivity index (χ0n) is 13.9. The lowest BCUT2D eigenvalue weighted by atomic mass is 9.84. The van der Waals surface area contributed by atoms with Crippen LogP contribution in [0.4, 0.5) is 5.69 Å². The van der Waals surface area contributed by atoms with Crippen LogP contribution in [0.2, 0.25) is 0 Å². The molecule has 2 aliphatic rings. The quantitative estimate of drug-likeness (QED) is 0.696. The lowest BCUT2D eigenvalue weighted by Gasteiger charge is -2.37. The van der Waals surface area contributed by atoms with Gasteiger partial charge in [-0.1, -0.05) is 24.3 Å². The molecule has 4 nitrogen and oxygen atoms in total. The lowest BCUT2D eigenvalue weighted by Crippen LogP contribution is -2.48. The zero-order valence-corrected chi connectivity index (χ0v) is 13.9. The van der Waals surface area contributed by atoms with E-state index in [1.165, 1.54) is 10.8 Å². The lowest BCUT2D eigenvalue weighted by molar-refractivity contribution is -0.0906. The standard InChI is InChI=1S/C18H21BNO3/c1-17(2,21)18(3,4)23-19-15-16-20(15)13-9-11-7-5-6-8-12(11)10-14(13)22-16/h5-10,15-16,21H,1-4H3/t15-,16-,20?/m1/s1. The highest BCUT2D eigenvalue weighted by Gasteiger charge is 2.57. The fourth-order valence-electron chi connectivity index (χ4n) is 2.80. The van der Waals surface area contributed by atoms with Crippen molar-refractivity contribution in [2.75, 3.05) is 4.90 Å². The Morgan fingerprint density at radius 1 is 1.13 bits per heavy atom. The number of benzene rings is 2. The van der Waals surface area contributed by atoms with E-state index < -0.39 is 11.2 Å². The van der Waals surface area contributed by atoms with Crippen LogP contribution in [0.3, 0.4) is 0 Å². The minimum Gasteiger partial charge on any atom is -0.467 e. The van der Waals surface area contributed by atoms with Gasteiger partial charge < -0.3 is 19.4 Å². The van der Waals surface area contributed by atoms with Crippen molar-refractivity contribution >= 4 is 23.9 Å². The van der Waals surface area contributed by atoms with Crippen LogP contribution >= 0.6 is 0 Å². The number of hydrogen-bond acceptors (Lipinski definition) is 4. The highest BCUT2D eigenvalue weighted by Crippen LogP contribution is 2.50. The van der Waals surface area contributed by atoms with Crippen LogP contribution in [0.5, 0.6) is 5.75 Å². The molecular formula is C18H21BNO3. The first-order chi connectivity index (χ1) is 10.8. The molecule has 119 valence electrons. The second-order valence-corrected chi connectivity index (χ2v) is 7.40. The average Bonchev–Trinajstić information content (AvgIpc) is 3.03. The molecule has 23 heavy (non-hydrogen) atoms. The van der Waals surface area contributed by atoms with Crippen molar-refractivity contribution in [1.29, 1.82) is 0 Å². The van der Waals surface area contributed by atoms with Crippen LogP contribution < -0.4 is 9.64 Å². The first kappa shape index (κ1) is 14.9. The molecule has 1 N–H and O–H groups in total. The topological polar surface area (TPSA) is 41.7 Å². The summed E-state index contributed by atoms with van der Waals surface area (Å²) in [6.45, 7) is 7.29. The summed E-state index contributed by atoms with van der Waals surface area (Å²) in [7, 11) is 1.79. The van der Waals surface area contributed by atoms with Crippen LogP contribution in [0.15, 0.2) is 36.4 Å². The highest BCUT2D eigenvalue weighted by atomic mass is 16.5. The zero-order chi connectivity index (χ0) is 16.4. The summed E-state index contributed by atoms with van der Waals surface area (Å²) in [5, 5.41) is 12.6. The Balaban J connectivity index is 1.51. The summed E-state index contributed by atoms with van der Waals surface area (Å²) in [4.78, 5) is 2.20. The second kappa shape index (κ2) is 4.65. The van der Waals surface area contributed by atoms with Gasteiger partial charge in [0.1, 0.15) is 5.75 Å². The Bertz CT molecular complexity index is 768. The summed E-state index contributed by atoms with van der Waals surface area (Å²) in [5.74, 6) is 1.03. The van der Waals surface area contributed by atoms with E-state index >= 15 is 0 Å². The maximum absolute atomic E-state index is 10.2.